The molecule has 0 amide bonds. The van der Waals surface area contributed by atoms with Crippen LogP contribution < -0.4 is 0 Å². The SMILES string of the molecule is Oc1cc(-c2ccccc2Cl)nn1-c1ccccc1.Oc1cc(-c2ccccc2Cl)nn1-c1ccccc1. The highest BCUT2D eigenvalue weighted by Gasteiger charge is 2.13. The van der Waals surface area contributed by atoms with Crippen LogP contribution >= 0.6 is 23.2 Å². The molecule has 0 radical (unpaired) electrons. The molecule has 4 aromatic carbocycles. The Morgan fingerprint density at radius 1 is 0.474 bits per heavy atom. The quantitative estimate of drug-likeness (QED) is 0.239. The molecule has 6 aromatic rings. The van der Waals surface area contributed by atoms with E-state index in [1.807, 2.05) is 97.1 Å². The first-order valence-corrected chi connectivity index (χ1v) is 12.5. The Hall–Kier alpha value is -4.52. The predicted octanol–water partition coefficient (Wildman–Crippen LogP) is 7.80. The number of rotatable bonds is 4. The van der Waals surface area contributed by atoms with Gasteiger partial charge < -0.3 is 10.2 Å². The Labute approximate surface area is 229 Å². The second kappa shape index (κ2) is 11.3. The molecule has 0 aliphatic rings. The lowest BCUT2D eigenvalue weighted by molar-refractivity contribution is 0.433. The molecule has 2 N–H and O–H groups in total. The van der Waals surface area contributed by atoms with Crippen molar-refractivity contribution in [2.24, 2.45) is 0 Å². The Morgan fingerprint density at radius 2 is 0.816 bits per heavy atom. The first-order valence-electron chi connectivity index (χ1n) is 11.7. The molecule has 0 aliphatic heterocycles. The van der Waals surface area contributed by atoms with E-state index < -0.39 is 0 Å². The van der Waals surface area contributed by atoms with Crippen LogP contribution in [0, 0.1) is 0 Å². The van der Waals surface area contributed by atoms with Crippen molar-refractivity contribution in [2.75, 3.05) is 0 Å². The van der Waals surface area contributed by atoms with Crippen LogP contribution in [0.4, 0.5) is 0 Å². The number of aromatic hydroxyl groups is 2. The zero-order chi connectivity index (χ0) is 26.5. The molecule has 0 saturated heterocycles. The zero-order valence-corrected chi connectivity index (χ0v) is 21.5. The summed E-state index contributed by atoms with van der Waals surface area (Å²) in [6.07, 6.45) is 0. The van der Waals surface area contributed by atoms with Crippen LogP contribution in [0.15, 0.2) is 121 Å². The van der Waals surface area contributed by atoms with Crippen LogP contribution in [0.5, 0.6) is 11.8 Å². The first-order chi connectivity index (χ1) is 18.5. The van der Waals surface area contributed by atoms with Crippen LogP contribution in [-0.4, -0.2) is 29.8 Å². The smallest absolute Gasteiger partial charge is 0.214 e. The lowest BCUT2D eigenvalue weighted by atomic mass is 10.1. The van der Waals surface area contributed by atoms with E-state index in [1.165, 1.54) is 9.36 Å². The van der Waals surface area contributed by atoms with Crippen molar-refractivity contribution in [1.82, 2.24) is 19.6 Å². The Balaban J connectivity index is 0.000000155. The van der Waals surface area contributed by atoms with Gasteiger partial charge in [0.25, 0.3) is 0 Å². The maximum absolute atomic E-state index is 9.99. The third-order valence-corrected chi connectivity index (χ3v) is 6.34. The van der Waals surface area contributed by atoms with Crippen molar-refractivity contribution in [3.05, 3.63) is 131 Å². The summed E-state index contributed by atoms with van der Waals surface area (Å²) in [4.78, 5) is 0. The van der Waals surface area contributed by atoms with E-state index in [-0.39, 0.29) is 11.8 Å². The van der Waals surface area contributed by atoms with Crippen LogP contribution in [-0.2, 0) is 0 Å². The fourth-order valence-corrected chi connectivity index (χ4v) is 4.33. The monoisotopic (exact) mass is 540 g/mol. The second-order valence-electron chi connectivity index (χ2n) is 8.23. The van der Waals surface area contributed by atoms with Gasteiger partial charge in [0.15, 0.2) is 0 Å². The molecule has 0 atom stereocenters. The van der Waals surface area contributed by atoms with E-state index >= 15 is 0 Å². The summed E-state index contributed by atoms with van der Waals surface area (Å²) >= 11 is 12.3. The van der Waals surface area contributed by atoms with Gasteiger partial charge in [0.05, 0.1) is 32.8 Å². The summed E-state index contributed by atoms with van der Waals surface area (Å²) in [6, 6.07) is 37.0. The highest BCUT2D eigenvalue weighted by atomic mass is 35.5. The maximum Gasteiger partial charge on any atom is 0.214 e. The fraction of sp³-hybridized carbons (Fsp3) is 0. The summed E-state index contributed by atoms with van der Waals surface area (Å²) in [7, 11) is 0. The van der Waals surface area contributed by atoms with Gasteiger partial charge in [0, 0.05) is 23.3 Å². The third kappa shape index (κ3) is 5.42. The fourth-order valence-electron chi connectivity index (χ4n) is 3.86. The highest BCUT2D eigenvalue weighted by molar-refractivity contribution is 6.33. The molecule has 0 bridgehead atoms. The molecule has 8 heteroatoms. The lowest BCUT2D eigenvalue weighted by Crippen LogP contribution is -1.95. The topological polar surface area (TPSA) is 76.1 Å². The standard InChI is InChI=1S/2C15H11ClN2O/c2*16-13-9-5-4-8-12(13)14-10-15(19)18(17-14)11-6-2-1-3-7-11/h2*1-10,19H. The van der Waals surface area contributed by atoms with E-state index in [9.17, 15) is 10.2 Å². The summed E-state index contributed by atoms with van der Waals surface area (Å²) in [5.41, 5.74) is 4.50. The minimum absolute atomic E-state index is 0.0844. The van der Waals surface area contributed by atoms with Crippen molar-refractivity contribution in [3.8, 4) is 45.6 Å². The minimum atomic E-state index is 0.0844. The summed E-state index contributed by atoms with van der Waals surface area (Å²) in [6.45, 7) is 0. The third-order valence-electron chi connectivity index (χ3n) is 5.68. The zero-order valence-electron chi connectivity index (χ0n) is 20.0. The van der Waals surface area contributed by atoms with Crippen LogP contribution in [0.1, 0.15) is 0 Å². The molecule has 0 saturated carbocycles. The van der Waals surface area contributed by atoms with Crippen molar-refractivity contribution >= 4 is 23.2 Å². The van der Waals surface area contributed by atoms with Crippen LogP contribution in [0.3, 0.4) is 0 Å². The number of nitrogens with zero attached hydrogens (tertiary/aromatic N) is 4. The van der Waals surface area contributed by atoms with Crippen molar-refractivity contribution in [1.29, 1.82) is 0 Å². The van der Waals surface area contributed by atoms with Crippen molar-refractivity contribution < 1.29 is 10.2 Å². The molecule has 188 valence electrons. The average Bonchev–Trinajstić information content (AvgIpc) is 3.53. The first kappa shape index (κ1) is 25.1. The molecule has 6 nitrogen and oxygen atoms in total. The van der Waals surface area contributed by atoms with Gasteiger partial charge in [-0.2, -0.15) is 10.2 Å². The Morgan fingerprint density at radius 3 is 1.18 bits per heavy atom. The number of para-hydroxylation sites is 2. The Kier molecular flexibility index (Phi) is 7.45. The molecule has 2 heterocycles. The van der Waals surface area contributed by atoms with E-state index in [4.69, 9.17) is 23.2 Å². The van der Waals surface area contributed by atoms with Gasteiger partial charge in [-0.1, -0.05) is 96.0 Å². The van der Waals surface area contributed by atoms with E-state index in [2.05, 4.69) is 10.2 Å². The molecule has 0 spiro atoms. The number of aromatic nitrogens is 4. The molecular weight excluding hydrogens is 519 g/mol. The molecule has 0 unspecified atom stereocenters. The van der Waals surface area contributed by atoms with Crippen LogP contribution in [0.2, 0.25) is 10.0 Å². The second-order valence-corrected chi connectivity index (χ2v) is 9.04. The molecule has 0 fully saturated rings. The minimum Gasteiger partial charge on any atom is -0.493 e. The van der Waals surface area contributed by atoms with E-state index in [1.54, 1.807) is 24.3 Å². The number of hydrogen-bond acceptors (Lipinski definition) is 4. The van der Waals surface area contributed by atoms with Crippen molar-refractivity contribution in [2.45, 2.75) is 0 Å². The molecular formula is C30H22Cl2N4O2. The normalized spacial score (nSPS) is 10.6. The predicted molar refractivity (Wildman–Crippen MR) is 151 cm³/mol. The van der Waals surface area contributed by atoms with Gasteiger partial charge in [0.1, 0.15) is 0 Å². The Bertz CT molecular complexity index is 1540. The summed E-state index contributed by atoms with van der Waals surface area (Å²) < 4.78 is 2.97. The molecule has 0 aliphatic carbocycles. The summed E-state index contributed by atoms with van der Waals surface area (Å²) in [5, 5.41) is 30.0. The molecule has 38 heavy (non-hydrogen) atoms. The average molecular weight is 541 g/mol. The van der Waals surface area contributed by atoms with E-state index in [0.29, 0.717) is 21.4 Å². The lowest BCUT2D eigenvalue weighted by Gasteiger charge is -2.02. The highest BCUT2D eigenvalue weighted by Crippen LogP contribution is 2.31. The van der Waals surface area contributed by atoms with Crippen LogP contribution in [0.25, 0.3) is 33.9 Å². The molecule has 6 rings (SSSR count). The number of hydrogen-bond donors (Lipinski definition) is 2. The number of halogens is 2. The molecule has 2 aromatic heterocycles. The van der Waals surface area contributed by atoms with Gasteiger partial charge in [-0.05, 0) is 36.4 Å². The maximum atomic E-state index is 9.99. The van der Waals surface area contributed by atoms with Gasteiger partial charge in [-0.15, -0.1) is 0 Å². The van der Waals surface area contributed by atoms with Gasteiger partial charge in [-0.3, -0.25) is 0 Å². The van der Waals surface area contributed by atoms with Gasteiger partial charge >= 0.3 is 0 Å². The summed E-state index contributed by atoms with van der Waals surface area (Å²) in [5.74, 6) is 0.169. The van der Waals surface area contributed by atoms with Crippen molar-refractivity contribution in [3.63, 3.8) is 0 Å². The number of benzene rings is 4. The van der Waals surface area contributed by atoms with E-state index in [0.717, 1.165) is 22.5 Å². The van der Waals surface area contributed by atoms with Gasteiger partial charge in [-0.25, -0.2) is 9.36 Å². The largest absolute Gasteiger partial charge is 0.493 e. The van der Waals surface area contributed by atoms with Gasteiger partial charge in [0.2, 0.25) is 11.8 Å².